The third-order valence-electron chi connectivity index (χ3n) is 3.45. The Morgan fingerprint density at radius 2 is 1.71 bits per heavy atom. The van der Waals surface area contributed by atoms with Crippen molar-refractivity contribution in [1.82, 2.24) is 5.32 Å². The van der Waals surface area contributed by atoms with Crippen LogP contribution in [0.4, 0.5) is 0 Å². The summed E-state index contributed by atoms with van der Waals surface area (Å²) in [5, 5.41) is 3.38. The lowest BCUT2D eigenvalue weighted by molar-refractivity contribution is 0.187. The molecule has 2 heterocycles. The van der Waals surface area contributed by atoms with Crippen LogP contribution in [0.15, 0.2) is 0 Å². The molecule has 2 fully saturated rings. The van der Waals surface area contributed by atoms with Gasteiger partial charge in [-0.25, -0.2) is 8.42 Å². The third-order valence-corrected chi connectivity index (χ3v) is 5.10. The highest BCUT2D eigenvalue weighted by molar-refractivity contribution is 7.91. The Bertz CT molecular complexity index is 267. The molecule has 0 aromatic carbocycles. The van der Waals surface area contributed by atoms with Gasteiger partial charge in [0.05, 0.1) is 11.5 Å². The van der Waals surface area contributed by atoms with Gasteiger partial charge >= 0.3 is 0 Å². The van der Waals surface area contributed by atoms with E-state index < -0.39 is 9.84 Å². The maximum atomic E-state index is 11.3. The number of halogens is 1. The summed E-state index contributed by atoms with van der Waals surface area (Å²) >= 11 is 0. The molecule has 0 aromatic rings. The van der Waals surface area contributed by atoms with Gasteiger partial charge < -0.3 is 5.32 Å². The fraction of sp³-hybridized carbons (Fsp3) is 1.00. The highest BCUT2D eigenvalue weighted by atomic mass is 35.5. The minimum atomic E-state index is -2.69. The van der Waals surface area contributed by atoms with E-state index in [0.29, 0.717) is 16.9 Å². The smallest absolute Gasteiger partial charge is 0.150 e. The Morgan fingerprint density at radius 1 is 1.07 bits per heavy atom. The van der Waals surface area contributed by atoms with Crippen LogP contribution in [0.1, 0.15) is 25.7 Å². The van der Waals surface area contributed by atoms with Gasteiger partial charge in [-0.3, -0.25) is 0 Å². The maximum Gasteiger partial charge on any atom is 0.150 e. The lowest BCUT2D eigenvalue weighted by Gasteiger charge is -2.40. The number of hydrogen-bond donors (Lipinski definition) is 1. The Balaban J connectivity index is 0.000000980. The summed E-state index contributed by atoms with van der Waals surface area (Å²) in [6, 6.07) is 0. The van der Waals surface area contributed by atoms with Crippen LogP contribution >= 0.6 is 12.4 Å². The number of sulfone groups is 1. The summed E-state index contributed by atoms with van der Waals surface area (Å²) in [5.41, 5.74) is 0.323. The highest BCUT2D eigenvalue weighted by Crippen LogP contribution is 2.37. The van der Waals surface area contributed by atoms with Crippen molar-refractivity contribution in [3.63, 3.8) is 0 Å². The second-order valence-corrected chi connectivity index (χ2v) is 6.74. The standard InChI is InChI=1S/C9H17NO2S.ClH/c11-13(12)6-3-9(4-7-13)2-1-5-10-8-9;/h10H,1-8H2;1H. The first-order chi connectivity index (χ1) is 6.12. The highest BCUT2D eigenvalue weighted by Gasteiger charge is 2.37. The molecule has 1 spiro atoms. The number of nitrogens with one attached hydrogen (secondary N) is 1. The molecule has 14 heavy (non-hydrogen) atoms. The molecule has 2 rings (SSSR count). The molecule has 0 aromatic heterocycles. The summed E-state index contributed by atoms with van der Waals surface area (Å²) in [4.78, 5) is 0. The van der Waals surface area contributed by atoms with Crippen molar-refractivity contribution in [1.29, 1.82) is 0 Å². The molecule has 3 nitrogen and oxygen atoms in total. The monoisotopic (exact) mass is 239 g/mol. The van der Waals surface area contributed by atoms with Crippen molar-refractivity contribution < 1.29 is 8.42 Å². The maximum absolute atomic E-state index is 11.3. The van der Waals surface area contributed by atoms with E-state index in [9.17, 15) is 8.42 Å². The molecule has 0 atom stereocenters. The van der Waals surface area contributed by atoms with Crippen molar-refractivity contribution >= 4 is 22.2 Å². The van der Waals surface area contributed by atoms with E-state index in [0.717, 1.165) is 25.9 Å². The Hall–Kier alpha value is 0.200. The predicted molar refractivity (Wildman–Crippen MR) is 59.7 cm³/mol. The molecule has 2 aliphatic heterocycles. The fourth-order valence-electron chi connectivity index (χ4n) is 2.43. The number of piperidine rings is 1. The molecule has 0 aliphatic carbocycles. The van der Waals surface area contributed by atoms with Crippen LogP contribution in [0.25, 0.3) is 0 Å². The van der Waals surface area contributed by atoms with Crippen molar-refractivity contribution in [2.24, 2.45) is 5.41 Å². The minimum absolute atomic E-state index is 0. The fourth-order valence-corrected chi connectivity index (χ4v) is 4.12. The zero-order chi connectivity index (χ0) is 9.36. The quantitative estimate of drug-likeness (QED) is 0.686. The largest absolute Gasteiger partial charge is 0.316 e. The second kappa shape index (κ2) is 4.37. The predicted octanol–water partition coefficient (Wildman–Crippen LogP) is 0.987. The summed E-state index contributed by atoms with van der Waals surface area (Å²) in [6.45, 7) is 2.14. The lowest BCUT2D eigenvalue weighted by Crippen LogP contribution is -2.45. The van der Waals surface area contributed by atoms with Crippen LogP contribution in [0.3, 0.4) is 0 Å². The third kappa shape index (κ3) is 2.61. The SMILES string of the molecule is Cl.O=S1(=O)CCC2(CCCNC2)CC1. The topological polar surface area (TPSA) is 46.2 Å². The van der Waals surface area contributed by atoms with Gasteiger partial charge in [-0.05, 0) is 37.6 Å². The number of rotatable bonds is 0. The molecular weight excluding hydrogens is 222 g/mol. The van der Waals surface area contributed by atoms with Crippen molar-refractivity contribution in [3.8, 4) is 0 Å². The molecule has 1 N–H and O–H groups in total. The molecule has 2 aliphatic rings. The van der Waals surface area contributed by atoms with E-state index in [4.69, 9.17) is 0 Å². The molecule has 2 saturated heterocycles. The molecule has 0 radical (unpaired) electrons. The van der Waals surface area contributed by atoms with Gasteiger partial charge in [-0.1, -0.05) is 0 Å². The Kier molecular flexibility index (Phi) is 3.83. The summed E-state index contributed by atoms with van der Waals surface area (Å²) in [5.74, 6) is 0.823. The van der Waals surface area contributed by atoms with E-state index in [1.165, 1.54) is 12.8 Å². The van der Waals surface area contributed by atoms with Gasteiger partial charge in [-0.2, -0.15) is 0 Å². The average molecular weight is 240 g/mol. The Labute approximate surface area is 92.0 Å². The van der Waals surface area contributed by atoms with Crippen molar-refractivity contribution in [2.75, 3.05) is 24.6 Å². The molecule has 0 unspecified atom stereocenters. The van der Waals surface area contributed by atoms with Gasteiger partial charge in [-0.15, -0.1) is 12.4 Å². The van der Waals surface area contributed by atoms with Gasteiger partial charge in [0.1, 0.15) is 9.84 Å². The molecule has 0 saturated carbocycles. The van der Waals surface area contributed by atoms with E-state index in [-0.39, 0.29) is 12.4 Å². The van der Waals surface area contributed by atoms with Crippen LogP contribution in [0.5, 0.6) is 0 Å². The van der Waals surface area contributed by atoms with Crippen LogP contribution in [-0.4, -0.2) is 33.0 Å². The zero-order valence-electron chi connectivity index (χ0n) is 8.29. The van der Waals surface area contributed by atoms with Crippen LogP contribution in [-0.2, 0) is 9.84 Å². The first-order valence-electron chi connectivity index (χ1n) is 5.03. The van der Waals surface area contributed by atoms with Crippen molar-refractivity contribution in [3.05, 3.63) is 0 Å². The van der Waals surface area contributed by atoms with Gasteiger partial charge in [0, 0.05) is 6.54 Å². The van der Waals surface area contributed by atoms with Gasteiger partial charge in [0.15, 0.2) is 0 Å². The normalized spacial score (nSPS) is 29.4. The van der Waals surface area contributed by atoms with Crippen LogP contribution in [0, 0.1) is 5.41 Å². The molecule has 0 bridgehead atoms. The first kappa shape index (κ1) is 12.3. The summed E-state index contributed by atoms with van der Waals surface area (Å²) < 4.78 is 22.5. The van der Waals surface area contributed by atoms with E-state index >= 15 is 0 Å². The molecule has 84 valence electrons. The second-order valence-electron chi connectivity index (χ2n) is 4.43. The first-order valence-corrected chi connectivity index (χ1v) is 6.85. The van der Waals surface area contributed by atoms with Crippen LogP contribution in [0.2, 0.25) is 0 Å². The van der Waals surface area contributed by atoms with Gasteiger partial charge in [0.2, 0.25) is 0 Å². The lowest BCUT2D eigenvalue weighted by atomic mass is 9.76. The summed E-state index contributed by atoms with van der Waals surface area (Å²) in [7, 11) is -2.69. The Morgan fingerprint density at radius 3 is 2.21 bits per heavy atom. The summed E-state index contributed by atoms with van der Waals surface area (Å²) in [6.07, 6.45) is 4.18. The van der Waals surface area contributed by atoms with Crippen LogP contribution < -0.4 is 5.32 Å². The average Bonchev–Trinajstić information content (AvgIpc) is 2.13. The zero-order valence-corrected chi connectivity index (χ0v) is 9.92. The van der Waals surface area contributed by atoms with E-state index in [1.54, 1.807) is 0 Å². The van der Waals surface area contributed by atoms with E-state index in [1.807, 2.05) is 0 Å². The van der Waals surface area contributed by atoms with Gasteiger partial charge in [0.25, 0.3) is 0 Å². The molecular formula is C9H18ClNO2S. The molecule has 0 amide bonds. The molecule has 5 heteroatoms. The minimum Gasteiger partial charge on any atom is -0.316 e. The van der Waals surface area contributed by atoms with E-state index in [2.05, 4.69) is 5.32 Å². The number of hydrogen-bond acceptors (Lipinski definition) is 3. The van der Waals surface area contributed by atoms with Crippen molar-refractivity contribution in [2.45, 2.75) is 25.7 Å².